The zero-order valence-electron chi connectivity index (χ0n) is 13.6. The lowest BCUT2D eigenvalue weighted by molar-refractivity contribution is -0.146. The van der Waals surface area contributed by atoms with Gasteiger partial charge in [0.1, 0.15) is 11.9 Å². The van der Waals surface area contributed by atoms with Crippen molar-refractivity contribution < 1.29 is 13.9 Å². The highest BCUT2D eigenvalue weighted by molar-refractivity contribution is 5.82. The number of nitrogens with zero attached hydrogens (tertiary/aromatic N) is 1. The maximum absolute atomic E-state index is 13.1. The Balaban J connectivity index is 1.63. The van der Waals surface area contributed by atoms with Gasteiger partial charge in [-0.05, 0) is 49.8 Å². The van der Waals surface area contributed by atoms with Crippen LogP contribution in [0.15, 0.2) is 24.3 Å². The number of hydrogen-bond donors (Lipinski definition) is 1. The van der Waals surface area contributed by atoms with Crippen molar-refractivity contribution in [1.82, 2.24) is 4.90 Å². The second-order valence-electron chi connectivity index (χ2n) is 6.61. The second kappa shape index (κ2) is 6.97. The third-order valence-electron chi connectivity index (χ3n) is 4.91. The van der Waals surface area contributed by atoms with Crippen molar-refractivity contribution in [2.45, 2.75) is 44.2 Å². The van der Waals surface area contributed by atoms with Gasteiger partial charge in [0, 0.05) is 31.7 Å². The molecule has 5 heteroatoms. The number of carbonyl (C=O) groups excluding carboxylic acids is 1. The molecule has 1 aliphatic carbocycles. The molecule has 1 saturated carbocycles. The number of rotatable bonds is 5. The lowest BCUT2D eigenvalue weighted by atomic mass is 9.85. The fraction of sp³-hybridized carbons (Fsp3) is 0.611. The number of likely N-dealkylation sites (tertiary alicyclic amines) is 1. The van der Waals surface area contributed by atoms with Crippen molar-refractivity contribution in [3.05, 3.63) is 35.6 Å². The van der Waals surface area contributed by atoms with Crippen LogP contribution in [0.1, 0.15) is 37.7 Å². The summed E-state index contributed by atoms with van der Waals surface area (Å²) >= 11 is 0. The van der Waals surface area contributed by atoms with Gasteiger partial charge in [0.15, 0.2) is 0 Å². The fourth-order valence-corrected chi connectivity index (χ4v) is 3.47. The molecule has 1 saturated heterocycles. The van der Waals surface area contributed by atoms with Crippen LogP contribution in [0.5, 0.6) is 0 Å². The Hall–Kier alpha value is -1.46. The Morgan fingerprint density at radius 2 is 2.04 bits per heavy atom. The summed E-state index contributed by atoms with van der Waals surface area (Å²) in [6.45, 7) is 3.71. The third-order valence-corrected chi connectivity index (χ3v) is 4.91. The third kappa shape index (κ3) is 3.72. The first-order valence-corrected chi connectivity index (χ1v) is 8.51. The molecule has 0 radical (unpaired) electrons. The smallest absolute Gasteiger partial charge is 0.252 e. The van der Waals surface area contributed by atoms with Crippen LogP contribution in [0.3, 0.4) is 0 Å². The fourth-order valence-electron chi connectivity index (χ4n) is 3.47. The first-order valence-electron chi connectivity index (χ1n) is 8.51. The summed E-state index contributed by atoms with van der Waals surface area (Å²) in [7, 11) is 0. The number of nitrogens with two attached hydrogens (primary N) is 1. The van der Waals surface area contributed by atoms with Crippen LogP contribution in [0.4, 0.5) is 4.39 Å². The van der Waals surface area contributed by atoms with Gasteiger partial charge in [0.05, 0.1) is 0 Å². The molecule has 0 bridgehead atoms. The van der Waals surface area contributed by atoms with E-state index < -0.39 is 0 Å². The molecule has 1 unspecified atom stereocenters. The lowest BCUT2D eigenvalue weighted by Crippen LogP contribution is -2.52. The SMILES string of the molecule is CCOC(C(=O)N1CC[C@H](c2ccc(F)cc2)[C@@H](N)C1)C1CC1. The Kier molecular flexibility index (Phi) is 4.97. The molecule has 3 rings (SSSR count). The lowest BCUT2D eigenvalue weighted by Gasteiger charge is -2.38. The first kappa shape index (κ1) is 16.4. The number of halogens is 1. The molecule has 2 aliphatic rings. The zero-order chi connectivity index (χ0) is 16.4. The van der Waals surface area contributed by atoms with Crippen LogP contribution in [-0.4, -0.2) is 42.6 Å². The van der Waals surface area contributed by atoms with E-state index in [4.69, 9.17) is 10.5 Å². The molecule has 2 N–H and O–H groups in total. The first-order chi connectivity index (χ1) is 11.1. The van der Waals surface area contributed by atoms with Crippen LogP contribution in [0, 0.1) is 11.7 Å². The van der Waals surface area contributed by atoms with Crippen LogP contribution in [0.25, 0.3) is 0 Å². The number of carbonyl (C=O) groups is 1. The molecule has 1 aliphatic heterocycles. The van der Waals surface area contributed by atoms with Crippen LogP contribution in [0.2, 0.25) is 0 Å². The van der Waals surface area contributed by atoms with E-state index in [2.05, 4.69) is 0 Å². The van der Waals surface area contributed by atoms with E-state index in [9.17, 15) is 9.18 Å². The molecule has 2 fully saturated rings. The minimum Gasteiger partial charge on any atom is -0.368 e. The summed E-state index contributed by atoms with van der Waals surface area (Å²) < 4.78 is 18.7. The molecule has 126 valence electrons. The largest absolute Gasteiger partial charge is 0.368 e. The maximum Gasteiger partial charge on any atom is 0.252 e. The second-order valence-corrected chi connectivity index (χ2v) is 6.61. The highest BCUT2D eigenvalue weighted by Gasteiger charge is 2.40. The summed E-state index contributed by atoms with van der Waals surface area (Å²) in [6, 6.07) is 6.41. The Labute approximate surface area is 136 Å². The Morgan fingerprint density at radius 3 is 2.61 bits per heavy atom. The Morgan fingerprint density at radius 1 is 1.35 bits per heavy atom. The van der Waals surface area contributed by atoms with Crippen molar-refractivity contribution in [1.29, 1.82) is 0 Å². The number of piperidine rings is 1. The molecular weight excluding hydrogens is 295 g/mol. The number of ether oxygens (including phenoxy) is 1. The quantitative estimate of drug-likeness (QED) is 0.905. The Bertz CT molecular complexity index is 544. The average molecular weight is 320 g/mol. The topological polar surface area (TPSA) is 55.6 Å². The van der Waals surface area contributed by atoms with E-state index in [-0.39, 0.29) is 29.8 Å². The number of benzene rings is 1. The molecule has 0 aromatic heterocycles. The van der Waals surface area contributed by atoms with Crippen LogP contribution >= 0.6 is 0 Å². The van der Waals surface area contributed by atoms with E-state index in [1.807, 2.05) is 11.8 Å². The summed E-state index contributed by atoms with van der Waals surface area (Å²) in [5, 5.41) is 0. The average Bonchev–Trinajstić information content (AvgIpc) is 3.38. The predicted molar refractivity (Wildman–Crippen MR) is 86.5 cm³/mol. The molecular formula is C18H25FN2O2. The van der Waals surface area contributed by atoms with Gasteiger partial charge in [0.25, 0.3) is 5.91 Å². The monoisotopic (exact) mass is 320 g/mol. The summed E-state index contributed by atoms with van der Waals surface area (Å²) in [5.74, 6) is 0.404. The summed E-state index contributed by atoms with van der Waals surface area (Å²) in [5.41, 5.74) is 7.37. The predicted octanol–water partition coefficient (Wildman–Crippen LogP) is 2.28. The molecule has 23 heavy (non-hydrogen) atoms. The van der Waals surface area contributed by atoms with Crippen molar-refractivity contribution in [2.24, 2.45) is 11.7 Å². The number of amides is 1. The minimum atomic E-state index is -0.297. The highest BCUT2D eigenvalue weighted by atomic mass is 19.1. The van der Waals surface area contributed by atoms with Gasteiger partial charge in [-0.15, -0.1) is 0 Å². The van der Waals surface area contributed by atoms with Gasteiger partial charge < -0.3 is 15.4 Å². The van der Waals surface area contributed by atoms with Crippen molar-refractivity contribution >= 4 is 5.91 Å². The normalized spacial score (nSPS) is 26.1. The molecule has 1 aromatic rings. The molecule has 1 aromatic carbocycles. The maximum atomic E-state index is 13.1. The van der Waals surface area contributed by atoms with Gasteiger partial charge >= 0.3 is 0 Å². The molecule has 0 spiro atoms. The van der Waals surface area contributed by atoms with Crippen LogP contribution < -0.4 is 5.73 Å². The van der Waals surface area contributed by atoms with E-state index in [1.165, 1.54) is 12.1 Å². The van der Waals surface area contributed by atoms with Gasteiger partial charge in [-0.2, -0.15) is 0 Å². The van der Waals surface area contributed by atoms with Gasteiger partial charge in [-0.1, -0.05) is 12.1 Å². The molecule has 4 nitrogen and oxygen atoms in total. The van der Waals surface area contributed by atoms with E-state index in [0.717, 1.165) is 24.8 Å². The zero-order valence-corrected chi connectivity index (χ0v) is 13.6. The summed E-state index contributed by atoms with van der Waals surface area (Å²) in [4.78, 5) is 14.5. The number of hydrogen-bond acceptors (Lipinski definition) is 3. The standard InChI is InChI=1S/C18H25FN2O2/c1-2-23-17(13-3-4-13)18(22)21-10-9-15(16(20)11-21)12-5-7-14(19)8-6-12/h5-8,13,15-17H,2-4,9-11,20H2,1H3/t15-,16+,17?/m1/s1. The minimum absolute atomic E-state index is 0.0855. The van der Waals surface area contributed by atoms with Crippen molar-refractivity contribution in [3.63, 3.8) is 0 Å². The van der Waals surface area contributed by atoms with E-state index >= 15 is 0 Å². The van der Waals surface area contributed by atoms with E-state index in [1.54, 1.807) is 12.1 Å². The van der Waals surface area contributed by atoms with E-state index in [0.29, 0.717) is 25.6 Å². The van der Waals surface area contributed by atoms with Crippen molar-refractivity contribution in [2.75, 3.05) is 19.7 Å². The highest BCUT2D eigenvalue weighted by Crippen LogP contribution is 2.36. The van der Waals surface area contributed by atoms with Gasteiger partial charge in [-0.3, -0.25) is 4.79 Å². The van der Waals surface area contributed by atoms with Crippen molar-refractivity contribution in [3.8, 4) is 0 Å². The van der Waals surface area contributed by atoms with Gasteiger partial charge in [-0.25, -0.2) is 4.39 Å². The van der Waals surface area contributed by atoms with Gasteiger partial charge in [0.2, 0.25) is 0 Å². The molecule has 1 heterocycles. The molecule has 1 amide bonds. The molecule has 3 atom stereocenters. The van der Waals surface area contributed by atoms with Crippen LogP contribution in [-0.2, 0) is 9.53 Å². The summed E-state index contributed by atoms with van der Waals surface area (Å²) in [6.07, 6.45) is 2.67.